The summed E-state index contributed by atoms with van der Waals surface area (Å²) in [5.74, 6) is -0.577. The number of hydrogen-bond donors (Lipinski definition) is 1. The first-order valence-corrected chi connectivity index (χ1v) is 6.76. The number of rotatable bonds is 3. The lowest BCUT2D eigenvalue weighted by atomic mass is 10.1. The van der Waals surface area contributed by atoms with Gasteiger partial charge in [-0.05, 0) is 18.6 Å². The number of anilines is 1. The van der Waals surface area contributed by atoms with Gasteiger partial charge < -0.3 is 5.32 Å². The number of aromatic nitrogens is 4. The third-order valence-corrected chi connectivity index (χ3v) is 3.25. The van der Waals surface area contributed by atoms with Crippen LogP contribution in [-0.2, 0) is 11.3 Å². The van der Waals surface area contributed by atoms with E-state index >= 15 is 0 Å². The number of aryl methyl sites for hydroxylation is 1. The number of benzene rings is 1. The van der Waals surface area contributed by atoms with E-state index in [1.165, 1.54) is 37.1 Å². The maximum absolute atomic E-state index is 13.5. The zero-order chi connectivity index (χ0) is 16.4. The maximum Gasteiger partial charge on any atom is 0.261 e. The van der Waals surface area contributed by atoms with E-state index in [1.54, 1.807) is 6.92 Å². The van der Waals surface area contributed by atoms with Gasteiger partial charge >= 0.3 is 0 Å². The van der Waals surface area contributed by atoms with E-state index in [2.05, 4.69) is 20.3 Å². The first-order valence-electron chi connectivity index (χ1n) is 6.76. The Kier molecular flexibility index (Phi) is 3.80. The second kappa shape index (κ2) is 5.91. The molecule has 0 spiro atoms. The molecular formula is C15H12FN5O2. The first-order chi connectivity index (χ1) is 11.0. The molecule has 0 aliphatic carbocycles. The number of amides is 1. The Morgan fingerprint density at radius 2 is 2.13 bits per heavy atom. The summed E-state index contributed by atoms with van der Waals surface area (Å²) in [6, 6.07) is 2.63. The van der Waals surface area contributed by atoms with Crippen LogP contribution in [-0.4, -0.2) is 25.4 Å². The highest BCUT2D eigenvalue weighted by Gasteiger charge is 2.11. The van der Waals surface area contributed by atoms with Gasteiger partial charge in [-0.25, -0.2) is 14.4 Å². The molecule has 1 N–H and O–H groups in total. The third kappa shape index (κ3) is 3.05. The molecule has 0 saturated heterocycles. The molecule has 3 rings (SSSR count). The van der Waals surface area contributed by atoms with Crippen LogP contribution in [0.15, 0.2) is 41.8 Å². The Labute approximate surface area is 129 Å². The van der Waals surface area contributed by atoms with Crippen LogP contribution in [0.25, 0.3) is 10.9 Å². The number of carbonyl (C=O) groups is 1. The van der Waals surface area contributed by atoms with Gasteiger partial charge in [-0.2, -0.15) is 0 Å². The second-order valence-electron chi connectivity index (χ2n) is 4.93. The van der Waals surface area contributed by atoms with Crippen molar-refractivity contribution in [2.75, 3.05) is 5.32 Å². The van der Waals surface area contributed by atoms with Crippen LogP contribution in [0.1, 0.15) is 5.56 Å². The Morgan fingerprint density at radius 1 is 1.30 bits per heavy atom. The summed E-state index contributed by atoms with van der Waals surface area (Å²) in [4.78, 5) is 36.1. The molecule has 2 aromatic heterocycles. The van der Waals surface area contributed by atoms with Crippen molar-refractivity contribution in [3.8, 4) is 0 Å². The smallest absolute Gasteiger partial charge is 0.261 e. The van der Waals surface area contributed by atoms with Gasteiger partial charge in [0.05, 0.1) is 23.4 Å². The molecule has 0 bridgehead atoms. The van der Waals surface area contributed by atoms with Crippen LogP contribution in [0.5, 0.6) is 0 Å². The fourth-order valence-electron chi connectivity index (χ4n) is 2.10. The summed E-state index contributed by atoms with van der Waals surface area (Å²) in [6.07, 6.45) is 5.53. The van der Waals surface area contributed by atoms with Crippen LogP contribution in [0.4, 0.5) is 10.2 Å². The number of nitrogens with zero attached hydrogens (tertiary/aromatic N) is 4. The number of hydrogen-bond acceptors (Lipinski definition) is 5. The lowest BCUT2D eigenvalue weighted by Crippen LogP contribution is -2.28. The van der Waals surface area contributed by atoms with Gasteiger partial charge in [0.2, 0.25) is 5.91 Å². The minimum Gasteiger partial charge on any atom is -0.308 e. The highest BCUT2D eigenvalue weighted by Crippen LogP contribution is 2.13. The van der Waals surface area contributed by atoms with Gasteiger partial charge in [0.15, 0.2) is 5.82 Å². The van der Waals surface area contributed by atoms with Crippen LogP contribution < -0.4 is 10.9 Å². The molecule has 0 aliphatic heterocycles. The SMILES string of the molecule is Cc1cc2c(=O)n(CC(=O)Nc3cnccn3)cnc2cc1F. The topological polar surface area (TPSA) is 89.8 Å². The quantitative estimate of drug-likeness (QED) is 0.786. The van der Waals surface area contributed by atoms with Crippen molar-refractivity contribution in [1.29, 1.82) is 0 Å². The lowest BCUT2D eigenvalue weighted by Gasteiger charge is -2.08. The fourth-order valence-corrected chi connectivity index (χ4v) is 2.10. The van der Waals surface area contributed by atoms with Crippen molar-refractivity contribution in [3.05, 3.63) is 58.8 Å². The molecule has 0 radical (unpaired) electrons. The zero-order valence-corrected chi connectivity index (χ0v) is 12.2. The molecule has 0 unspecified atom stereocenters. The van der Waals surface area contributed by atoms with E-state index in [1.807, 2.05) is 0 Å². The lowest BCUT2D eigenvalue weighted by molar-refractivity contribution is -0.116. The molecule has 0 saturated carbocycles. The largest absolute Gasteiger partial charge is 0.308 e. The average Bonchev–Trinajstić information content (AvgIpc) is 2.53. The van der Waals surface area contributed by atoms with Crippen molar-refractivity contribution in [3.63, 3.8) is 0 Å². The Balaban J connectivity index is 1.89. The molecule has 116 valence electrons. The van der Waals surface area contributed by atoms with Gasteiger partial charge in [-0.1, -0.05) is 0 Å². The Morgan fingerprint density at radius 3 is 2.87 bits per heavy atom. The third-order valence-electron chi connectivity index (χ3n) is 3.25. The van der Waals surface area contributed by atoms with Crippen LogP contribution in [0.3, 0.4) is 0 Å². The minimum absolute atomic E-state index is 0.227. The first kappa shape index (κ1) is 14.8. The van der Waals surface area contributed by atoms with E-state index in [-0.39, 0.29) is 23.3 Å². The molecular weight excluding hydrogens is 301 g/mol. The normalized spacial score (nSPS) is 10.7. The molecule has 2 heterocycles. The number of nitrogens with one attached hydrogen (secondary N) is 1. The van der Waals surface area contributed by atoms with Gasteiger partial charge in [-0.15, -0.1) is 0 Å². The van der Waals surface area contributed by atoms with E-state index in [0.29, 0.717) is 5.56 Å². The molecule has 1 aromatic carbocycles. The van der Waals surface area contributed by atoms with Gasteiger partial charge in [0.25, 0.3) is 5.56 Å². The van der Waals surface area contributed by atoms with Gasteiger partial charge in [-0.3, -0.25) is 19.1 Å². The van der Waals surface area contributed by atoms with Crippen molar-refractivity contribution in [2.45, 2.75) is 13.5 Å². The molecule has 0 aliphatic rings. The molecule has 7 nitrogen and oxygen atoms in total. The zero-order valence-electron chi connectivity index (χ0n) is 12.2. The average molecular weight is 313 g/mol. The van der Waals surface area contributed by atoms with E-state index < -0.39 is 17.3 Å². The molecule has 3 aromatic rings. The van der Waals surface area contributed by atoms with Crippen LogP contribution >= 0.6 is 0 Å². The minimum atomic E-state index is -0.437. The molecule has 0 fully saturated rings. The van der Waals surface area contributed by atoms with Crippen LogP contribution in [0, 0.1) is 12.7 Å². The predicted molar refractivity (Wildman–Crippen MR) is 81.4 cm³/mol. The molecule has 8 heteroatoms. The Hall–Kier alpha value is -3.16. The van der Waals surface area contributed by atoms with Crippen molar-refractivity contribution in [1.82, 2.24) is 19.5 Å². The summed E-state index contributed by atoms with van der Waals surface area (Å²) >= 11 is 0. The molecule has 1 amide bonds. The Bertz CT molecular complexity index is 940. The summed E-state index contributed by atoms with van der Waals surface area (Å²) in [5.41, 5.74) is 0.189. The van der Waals surface area contributed by atoms with Crippen molar-refractivity contribution < 1.29 is 9.18 Å². The summed E-state index contributed by atoms with van der Waals surface area (Å²) < 4.78 is 14.7. The monoisotopic (exact) mass is 313 g/mol. The summed E-state index contributed by atoms with van der Waals surface area (Å²) in [7, 11) is 0. The predicted octanol–water partition coefficient (Wildman–Crippen LogP) is 1.27. The summed E-state index contributed by atoms with van der Waals surface area (Å²) in [6.45, 7) is 1.33. The van der Waals surface area contributed by atoms with Gasteiger partial charge in [0, 0.05) is 18.5 Å². The summed E-state index contributed by atoms with van der Waals surface area (Å²) in [5, 5.41) is 2.79. The molecule has 23 heavy (non-hydrogen) atoms. The highest BCUT2D eigenvalue weighted by molar-refractivity contribution is 5.89. The van der Waals surface area contributed by atoms with E-state index in [4.69, 9.17) is 0 Å². The number of halogens is 1. The maximum atomic E-state index is 13.5. The van der Waals surface area contributed by atoms with Crippen molar-refractivity contribution in [2.24, 2.45) is 0 Å². The van der Waals surface area contributed by atoms with E-state index in [0.717, 1.165) is 4.57 Å². The number of fused-ring (bicyclic) bond motifs is 1. The van der Waals surface area contributed by atoms with Crippen LogP contribution in [0.2, 0.25) is 0 Å². The molecule has 0 atom stereocenters. The van der Waals surface area contributed by atoms with E-state index in [9.17, 15) is 14.0 Å². The van der Waals surface area contributed by atoms with Gasteiger partial charge in [0.1, 0.15) is 12.4 Å². The van der Waals surface area contributed by atoms with Crippen molar-refractivity contribution >= 4 is 22.6 Å². The number of carbonyl (C=O) groups excluding carboxylic acids is 1. The second-order valence-corrected chi connectivity index (χ2v) is 4.93. The standard InChI is InChI=1S/C15H12FN5O2/c1-9-4-10-12(5-11(9)16)19-8-21(15(10)23)7-14(22)20-13-6-17-2-3-18-13/h2-6,8H,7H2,1H3,(H,18,20,22). The fraction of sp³-hybridized carbons (Fsp3) is 0.133. The highest BCUT2D eigenvalue weighted by atomic mass is 19.1.